The van der Waals surface area contributed by atoms with E-state index in [1.54, 1.807) is 11.8 Å². The Morgan fingerprint density at radius 1 is 0.810 bits per heavy atom. The Morgan fingerprint density at radius 3 is 2.19 bits per heavy atom. The van der Waals surface area contributed by atoms with Gasteiger partial charge in [0.2, 0.25) is 5.95 Å². The molecule has 0 saturated carbocycles. The minimum atomic E-state index is 0.257. The molecular formula is C16H14N4S. The molecule has 1 aromatic heterocycles. The minimum absolute atomic E-state index is 0.257. The Bertz CT molecular complexity index is 717. The van der Waals surface area contributed by atoms with Crippen molar-refractivity contribution in [3.05, 3.63) is 66.5 Å². The number of benzene rings is 2. The fraction of sp³-hybridized carbons (Fsp3) is 0.0625. The van der Waals surface area contributed by atoms with Gasteiger partial charge in [0.05, 0.1) is 5.75 Å². The van der Waals surface area contributed by atoms with Crippen LogP contribution >= 0.6 is 11.8 Å². The standard InChI is InChI=1S/C16H14N4S/c17-16-19-14(11-21-13-9-5-2-6-10-13)18-15(20-16)12-7-3-1-4-8-12/h1-10H,11H2,(H2,17,18,19,20). The van der Waals surface area contributed by atoms with E-state index < -0.39 is 0 Å². The van der Waals surface area contributed by atoms with Gasteiger partial charge in [-0.2, -0.15) is 9.97 Å². The summed E-state index contributed by atoms with van der Waals surface area (Å²) in [5, 5.41) is 0. The number of hydrogen-bond donors (Lipinski definition) is 1. The Labute approximate surface area is 127 Å². The Hall–Kier alpha value is -2.40. The van der Waals surface area contributed by atoms with Crippen LogP contribution in [0.5, 0.6) is 0 Å². The molecule has 3 aromatic rings. The Kier molecular flexibility index (Phi) is 4.12. The normalized spacial score (nSPS) is 10.5. The van der Waals surface area contributed by atoms with Crippen LogP contribution in [0.15, 0.2) is 65.6 Å². The summed E-state index contributed by atoms with van der Waals surface area (Å²) in [7, 11) is 0. The SMILES string of the molecule is Nc1nc(CSc2ccccc2)nc(-c2ccccc2)n1. The van der Waals surface area contributed by atoms with Gasteiger partial charge in [-0.05, 0) is 12.1 Å². The van der Waals surface area contributed by atoms with Crippen molar-refractivity contribution in [3.8, 4) is 11.4 Å². The van der Waals surface area contributed by atoms with Crippen molar-refractivity contribution >= 4 is 17.7 Å². The second-order valence-electron chi connectivity index (χ2n) is 4.40. The minimum Gasteiger partial charge on any atom is -0.368 e. The lowest BCUT2D eigenvalue weighted by Gasteiger charge is -2.05. The van der Waals surface area contributed by atoms with E-state index in [0.717, 1.165) is 5.56 Å². The van der Waals surface area contributed by atoms with Gasteiger partial charge in [-0.15, -0.1) is 11.8 Å². The van der Waals surface area contributed by atoms with Crippen LogP contribution in [0, 0.1) is 0 Å². The molecule has 4 nitrogen and oxygen atoms in total. The van der Waals surface area contributed by atoms with Crippen LogP contribution in [0.4, 0.5) is 5.95 Å². The first-order valence-electron chi connectivity index (χ1n) is 6.55. The molecule has 2 aromatic carbocycles. The van der Waals surface area contributed by atoms with Gasteiger partial charge >= 0.3 is 0 Å². The first-order chi connectivity index (χ1) is 10.3. The molecule has 0 aliphatic rings. The monoisotopic (exact) mass is 294 g/mol. The van der Waals surface area contributed by atoms with Gasteiger partial charge in [0.25, 0.3) is 0 Å². The summed E-state index contributed by atoms with van der Waals surface area (Å²) in [6.07, 6.45) is 0. The van der Waals surface area contributed by atoms with Crippen molar-refractivity contribution in [2.24, 2.45) is 0 Å². The summed E-state index contributed by atoms with van der Waals surface area (Å²) in [5.41, 5.74) is 6.74. The Balaban J connectivity index is 1.82. The number of thioether (sulfide) groups is 1. The van der Waals surface area contributed by atoms with Crippen LogP contribution < -0.4 is 5.73 Å². The van der Waals surface area contributed by atoms with E-state index in [1.807, 2.05) is 48.5 Å². The second-order valence-corrected chi connectivity index (χ2v) is 5.45. The molecule has 0 fully saturated rings. The van der Waals surface area contributed by atoms with Crippen molar-refractivity contribution in [1.29, 1.82) is 0 Å². The van der Waals surface area contributed by atoms with Gasteiger partial charge < -0.3 is 5.73 Å². The van der Waals surface area contributed by atoms with Crippen molar-refractivity contribution in [2.75, 3.05) is 5.73 Å². The van der Waals surface area contributed by atoms with Crippen LogP contribution in [0.1, 0.15) is 5.82 Å². The molecule has 0 atom stereocenters. The summed E-state index contributed by atoms with van der Waals surface area (Å²) in [6, 6.07) is 19.9. The molecule has 0 bridgehead atoms. The zero-order chi connectivity index (χ0) is 14.5. The molecule has 104 valence electrons. The second kappa shape index (κ2) is 6.37. The highest BCUT2D eigenvalue weighted by Gasteiger charge is 2.07. The third kappa shape index (κ3) is 3.58. The van der Waals surface area contributed by atoms with Gasteiger partial charge in [0.15, 0.2) is 5.82 Å². The smallest absolute Gasteiger partial charge is 0.223 e. The summed E-state index contributed by atoms with van der Waals surface area (Å²) >= 11 is 1.68. The van der Waals surface area contributed by atoms with E-state index in [1.165, 1.54) is 4.90 Å². The third-order valence-corrected chi connectivity index (χ3v) is 3.85. The first kappa shape index (κ1) is 13.6. The molecule has 21 heavy (non-hydrogen) atoms. The zero-order valence-electron chi connectivity index (χ0n) is 11.3. The zero-order valence-corrected chi connectivity index (χ0v) is 12.1. The molecule has 0 saturated heterocycles. The third-order valence-electron chi connectivity index (χ3n) is 2.84. The van der Waals surface area contributed by atoms with Crippen LogP contribution in [0.25, 0.3) is 11.4 Å². The molecule has 0 amide bonds. The predicted octanol–water partition coefficient (Wildman–Crippen LogP) is 3.41. The molecule has 5 heteroatoms. The van der Waals surface area contributed by atoms with Crippen molar-refractivity contribution in [2.45, 2.75) is 10.6 Å². The Morgan fingerprint density at radius 2 is 1.48 bits per heavy atom. The fourth-order valence-electron chi connectivity index (χ4n) is 1.88. The van der Waals surface area contributed by atoms with Gasteiger partial charge in [-0.1, -0.05) is 48.5 Å². The highest BCUT2D eigenvalue weighted by molar-refractivity contribution is 7.98. The van der Waals surface area contributed by atoms with Gasteiger partial charge in [0, 0.05) is 10.5 Å². The van der Waals surface area contributed by atoms with Crippen LogP contribution in [-0.4, -0.2) is 15.0 Å². The number of aromatic nitrogens is 3. The highest BCUT2D eigenvalue weighted by atomic mass is 32.2. The number of nitrogens with two attached hydrogens (primary N) is 1. The molecule has 0 aliphatic carbocycles. The highest BCUT2D eigenvalue weighted by Crippen LogP contribution is 2.22. The van der Waals surface area contributed by atoms with Crippen LogP contribution in [-0.2, 0) is 5.75 Å². The van der Waals surface area contributed by atoms with E-state index in [4.69, 9.17) is 5.73 Å². The molecule has 3 rings (SSSR count). The lowest BCUT2D eigenvalue weighted by Crippen LogP contribution is -2.04. The number of anilines is 1. The van der Waals surface area contributed by atoms with Crippen LogP contribution in [0.2, 0.25) is 0 Å². The maximum atomic E-state index is 5.79. The molecule has 0 radical (unpaired) electrons. The number of nitrogens with zero attached hydrogens (tertiary/aromatic N) is 3. The maximum Gasteiger partial charge on any atom is 0.223 e. The molecule has 0 unspecified atom stereocenters. The summed E-state index contributed by atoms with van der Waals surface area (Å²) < 4.78 is 0. The molecule has 2 N–H and O–H groups in total. The van der Waals surface area contributed by atoms with E-state index in [0.29, 0.717) is 17.4 Å². The van der Waals surface area contributed by atoms with Crippen LogP contribution in [0.3, 0.4) is 0 Å². The fourth-order valence-corrected chi connectivity index (χ4v) is 2.66. The molecular weight excluding hydrogens is 280 g/mol. The molecule has 1 heterocycles. The first-order valence-corrected chi connectivity index (χ1v) is 7.53. The summed E-state index contributed by atoms with van der Waals surface area (Å²) in [6.45, 7) is 0. The average molecular weight is 294 g/mol. The lowest BCUT2D eigenvalue weighted by molar-refractivity contribution is 0.983. The van der Waals surface area contributed by atoms with E-state index in [9.17, 15) is 0 Å². The summed E-state index contributed by atoms with van der Waals surface area (Å²) in [4.78, 5) is 14.1. The maximum absolute atomic E-state index is 5.79. The molecule has 0 spiro atoms. The van der Waals surface area contributed by atoms with Crippen molar-refractivity contribution in [1.82, 2.24) is 15.0 Å². The van der Waals surface area contributed by atoms with Gasteiger partial charge in [0.1, 0.15) is 5.82 Å². The topological polar surface area (TPSA) is 64.7 Å². The van der Waals surface area contributed by atoms with Gasteiger partial charge in [-0.25, -0.2) is 4.98 Å². The number of nitrogen functional groups attached to an aromatic ring is 1. The number of hydrogen-bond acceptors (Lipinski definition) is 5. The van der Waals surface area contributed by atoms with E-state index in [2.05, 4.69) is 27.1 Å². The quantitative estimate of drug-likeness (QED) is 0.747. The number of rotatable bonds is 4. The van der Waals surface area contributed by atoms with E-state index >= 15 is 0 Å². The van der Waals surface area contributed by atoms with Crippen molar-refractivity contribution in [3.63, 3.8) is 0 Å². The summed E-state index contributed by atoms with van der Waals surface area (Å²) in [5.74, 6) is 2.23. The molecule has 0 aliphatic heterocycles. The largest absolute Gasteiger partial charge is 0.368 e. The average Bonchev–Trinajstić information content (AvgIpc) is 2.54. The predicted molar refractivity (Wildman–Crippen MR) is 85.7 cm³/mol. The van der Waals surface area contributed by atoms with Gasteiger partial charge in [-0.3, -0.25) is 0 Å². The van der Waals surface area contributed by atoms with E-state index in [-0.39, 0.29) is 5.95 Å². The van der Waals surface area contributed by atoms with Crippen molar-refractivity contribution < 1.29 is 0 Å². The lowest BCUT2D eigenvalue weighted by atomic mass is 10.2.